The van der Waals surface area contributed by atoms with Gasteiger partial charge in [0.2, 0.25) is 5.91 Å². The molecular weight excluding hydrogens is 522 g/mol. The quantitative estimate of drug-likeness (QED) is 0.0521. The van der Waals surface area contributed by atoms with Crippen LogP contribution in [0.15, 0.2) is 12.2 Å². The first-order chi connectivity index (χ1) is 20.6. The van der Waals surface area contributed by atoms with Gasteiger partial charge in [-0.25, -0.2) is 0 Å². The summed E-state index contributed by atoms with van der Waals surface area (Å²) in [5.74, 6) is -0.0636. The van der Waals surface area contributed by atoms with E-state index in [0.29, 0.717) is 12.8 Å². The Balaban J connectivity index is 3.82. The van der Waals surface area contributed by atoms with Crippen molar-refractivity contribution in [3.05, 3.63) is 12.2 Å². The van der Waals surface area contributed by atoms with Crippen LogP contribution in [-0.4, -0.2) is 48.1 Å². The van der Waals surface area contributed by atoms with E-state index in [2.05, 4.69) is 31.3 Å². The number of carbonyl (C=O) groups is 1. The summed E-state index contributed by atoms with van der Waals surface area (Å²) in [6, 6.07) is -0.571. The molecule has 250 valence electrons. The number of aliphatic hydroxyl groups excluding tert-OH is 2. The van der Waals surface area contributed by atoms with Crippen LogP contribution in [0.3, 0.4) is 0 Å². The van der Waals surface area contributed by atoms with Gasteiger partial charge in [-0.2, -0.15) is 0 Å². The highest BCUT2D eigenvalue weighted by Crippen LogP contribution is 2.15. The van der Waals surface area contributed by atoms with Gasteiger partial charge in [0.15, 0.2) is 0 Å². The minimum atomic E-state index is -1.00. The second-order valence-corrected chi connectivity index (χ2v) is 12.7. The van der Waals surface area contributed by atoms with Crippen LogP contribution in [0.5, 0.6) is 0 Å². The third-order valence-electron chi connectivity index (χ3n) is 8.52. The monoisotopic (exact) mass is 596 g/mol. The molecule has 0 heterocycles. The van der Waals surface area contributed by atoms with E-state index in [9.17, 15) is 15.0 Å². The summed E-state index contributed by atoms with van der Waals surface area (Å²) in [7, 11) is 1.56. The van der Waals surface area contributed by atoms with Gasteiger partial charge in [0.1, 0.15) is 6.10 Å². The van der Waals surface area contributed by atoms with Crippen molar-refractivity contribution in [1.82, 2.24) is 5.32 Å². The Kier molecular flexibility index (Phi) is 32.3. The lowest BCUT2D eigenvalue weighted by Gasteiger charge is -2.27. The van der Waals surface area contributed by atoms with Crippen LogP contribution in [-0.2, 0) is 9.53 Å². The molecule has 42 heavy (non-hydrogen) atoms. The minimum Gasteiger partial charge on any atom is -0.390 e. The van der Waals surface area contributed by atoms with Crippen molar-refractivity contribution in [1.29, 1.82) is 0 Å². The van der Waals surface area contributed by atoms with Crippen molar-refractivity contribution in [2.24, 2.45) is 0 Å². The standard InChI is InChI=1S/C37H73NO4/c1-4-6-8-10-12-14-16-18-19-20-22-24-26-28-30-32-36(40)38-34(33-42-3)37(41)35(39)31-29-27-25-23-21-17-15-13-11-9-7-5-2/h18-19,34-35,37,39,41H,4-17,20-33H2,1-3H3,(H,38,40)/b19-18+. The summed E-state index contributed by atoms with van der Waals surface area (Å²) in [5.41, 5.74) is 0. The fourth-order valence-electron chi connectivity index (χ4n) is 5.67. The largest absolute Gasteiger partial charge is 0.390 e. The van der Waals surface area contributed by atoms with Crippen LogP contribution in [0.25, 0.3) is 0 Å². The normalized spacial score (nSPS) is 13.9. The number of carbonyl (C=O) groups excluding carboxylic acids is 1. The van der Waals surface area contributed by atoms with E-state index in [1.54, 1.807) is 7.11 Å². The third kappa shape index (κ3) is 27.9. The molecule has 0 aliphatic carbocycles. The number of allylic oxidation sites excluding steroid dienone is 2. The first-order valence-corrected chi connectivity index (χ1v) is 18.4. The molecule has 0 bridgehead atoms. The molecule has 5 heteroatoms. The molecular formula is C37H73NO4. The maximum absolute atomic E-state index is 12.5. The predicted molar refractivity (Wildman–Crippen MR) is 181 cm³/mol. The number of methoxy groups -OCH3 is 1. The van der Waals surface area contributed by atoms with E-state index in [4.69, 9.17) is 4.74 Å². The van der Waals surface area contributed by atoms with Gasteiger partial charge in [-0.3, -0.25) is 4.79 Å². The number of nitrogens with one attached hydrogen (secondary N) is 1. The van der Waals surface area contributed by atoms with Crippen LogP contribution >= 0.6 is 0 Å². The topological polar surface area (TPSA) is 78.8 Å². The molecule has 0 aromatic heterocycles. The second kappa shape index (κ2) is 33.0. The Labute approximate surface area is 262 Å². The maximum Gasteiger partial charge on any atom is 0.220 e. The fourth-order valence-corrected chi connectivity index (χ4v) is 5.67. The fraction of sp³-hybridized carbons (Fsp3) is 0.919. The summed E-state index contributed by atoms with van der Waals surface area (Å²) < 4.78 is 5.23. The Morgan fingerprint density at radius 1 is 0.619 bits per heavy atom. The highest BCUT2D eigenvalue weighted by Gasteiger charge is 2.27. The molecule has 5 nitrogen and oxygen atoms in total. The first-order valence-electron chi connectivity index (χ1n) is 18.4. The minimum absolute atomic E-state index is 0.0636. The summed E-state index contributed by atoms with van der Waals surface area (Å²) in [6.45, 7) is 4.73. The molecule has 0 rings (SSSR count). The molecule has 0 spiro atoms. The summed E-state index contributed by atoms with van der Waals surface area (Å²) in [6.07, 6.45) is 35.1. The van der Waals surface area contributed by atoms with E-state index in [-0.39, 0.29) is 12.5 Å². The van der Waals surface area contributed by atoms with Gasteiger partial charge in [0.25, 0.3) is 0 Å². The zero-order valence-corrected chi connectivity index (χ0v) is 28.4. The van der Waals surface area contributed by atoms with Gasteiger partial charge in [-0.05, 0) is 38.5 Å². The molecule has 3 N–H and O–H groups in total. The van der Waals surface area contributed by atoms with E-state index in [1.165, 1.54) is 122 Å². The number of hydrogen-bond donors (Lipinski definition) is 3. The summed E-state index contributed by atoms with van der Waals surface area (Å²) >= 11 is 0. The average Bonchev–Trinajstić information content (AvgIpc) is 2.99. The van der Waals surface area contributed by atoms with Gasteiger partial charge >= 0.3 is 0 Å². The zero-order valence-electron chi connectivity index (χ0n) is 28.4. The van der Waals surface area contributed by atoms with Crippen LogP contribution < -0.4 is 5.32 Å². The second-order valence-electron chi connectivity index (χ2n) is 12.7. The van der Waals surface area contributed by atoms with Crippen molar-refractivity contribution in [2.45, 2.75) is 205 Å². The highest BCUT2D eigenvalue weighted by molar-refractivity contribution is 5.76. The lowest BCUT2D eigenvalue weighted by Crippen LogP contribution is -2.51. The molecule has 3 unspecified atom stereocenters. The molecule has 1 amide bonds. The van der Waals surface area contributed by atoms with E-state index in [0.717, 1.165) is 38.5 Å². The Bertz CT molecular complexity index is 582. The van der Waals surface area contributed by atoms with Gasteiger partial charge in [0.05, 0.1) is 18.8 Å². The Hall–Kier alpha value is -0.910. The Morgan fingerprint density at radius 3 is 1.48 bits per heavy atom. The van der Waals surface area contributed by atoms with Crippen LogP contribution in [0, 0.1) is 0 Å². The highest BCUT2D eigenvalue weighted by atomic mass is 16.5. The first kappa shape index (κ1) is 41.1. The molecule has 0 aliphatic rings. The number of amides is 1. The third-order valence-corrected chi connectivity index (χ3v) is 8.52. The molecule has 3 atom stereocenters. The van der Waals surface area contributed by atoms with Crippen molar-refractivity contribution in [3.8, 4) is 0 Å². The number of hydrogen-bond acceptors (Lipinski definition) is 4. The van der Waals surface area contributed by atoms with E-state index < -0.39 is 18.2 Å². The zero-order chi connectivity index (χ0) is 30.9. The van der Waals surface area contributed by atoms with Crippen molar-refractivity contribution in [3.63, 3.8) is 0 Å². The average molecular weight is 596 g/mol. The molecule has 0 fully saturated rings. The number of rotatable bonds is 33. The predicted octanol–water partition coefficient (Wildman–Crippen LogP) is 9.97. The van der Waals surface area contributed by atoms with Crippen LogP contribution in [0.2, 0.25) is 0 Å². The van der Waals surface area contributed by atoms with Gasteiger partial charge in [-0.1, -0.05) is 154 Å². The number of ether oxygens (including phenoxy) is 1. The molecule has 0 aromatic rings. The van der Waals surface area contributed by atoms with Crippen LogP contribution in [0.4, 0.5) is 0 Å². The van der Waals surface area contributed by atoms with Crippen LogP contribution in [0.1, 0.15) is 187 Å². The lowest BCUT2D eigenvalue weighted by molar-refractivity contribution is -0.124. The van der Waals surface area contributed by atoms with E-state index >= 15 is 0 Å². The summed E-state index contributed by atoms with van der Waals surface area (Å²) in [5, 5.41) is 24.1. The molecule has 0 aliphatic heterocycles. The summed E-state index contributed by atoms with van der Waals surface area (Å²) in [4.78, 5) is 12.5. The maximum atomic E-state index is 12.5. The SMILES string of the molecule is CCCCCCCC/C=C/CCCCCCCC(=O)NC(COC)C(O)C(O)CCCCCCCCCCCCCC. The lowest BCUT2D eigenvalue weighted by atomic mass is 9.99. The molecule has 0 radical (unpaired) electrons. The Morgan fingerprint density at radius 2 is 1.02 bits per heavy atom. The molecule has 0 saturated heterocycles. The van der Waals surface area contributed by atoms with Crippen molar-refractivity contribution in [2.75, 3.05) is 13.7 Å². The van der Waals surface area contributed by atoms with Gasteiger partial charge in [0, 0.05) is 13.5 Å². The van der Waals surface area contributed by atoms with E-state index in [1.807, 2.05) is 0 Å². The number of unbranched alkanes of at least 4 members (excludes halogenated alkanes) is 22. The smallest absolute Gasteiger partial charge is 0.220 e. The van der Waals surface area contributed by atoms with Gasteiger partial charge < -0.3 is 20.3 Å². The van der Waals surface area contributed by atoms with Crippen molar-refractivity contribution >= 4 is 5.91 Å². The number of aliphatic hydroxyl groups is 2. The van der Waals surface area contributed by atoms with Gasteiger partial charge in [-0.15, -0.1) is 0 Å². The molecule has 0 saturated carbocycles. The van der Waals surface area contributed by atoms with Crippen molar-refractivity contribution < 1.29 is 19.7 Å². The molecule has 0 aromatic carbocycles.